The number of hydrogen-bond acceptors (Lipinski definition) is 8. The van der Waals surface area contributed by atoms with E-state index in [9.17, 15) is 14.7 Å². The van der Waals surface area contributed by atoms with Crippen LogP contribution in [0.5, 0.6) is 0 Å². The molecule has 10 heteroatoms. The van der Waals surface area contributed by atoms with Crippen LogP contribution in [0.2, 0.25) is 0 Å². The molecular formula is C22H23N7O3. The van der Waals surface area contributed by atoms with Crippen LogP contribution in [0.15, 0.2) is 36.0 Å². The Labute approximate surface area is 183 Å². The lowest BCUT2D eigenvalue weighted by molar-refractivity contribution is -0.124. The van der Waals surface area contributed by atoms with Crippen LogP contribution >= 0.6 is 0 Å². The van der Waals surface area contributed by atoms with E-state index in [0.29, 0.717) is 34.7 Å². The van der Waals surface area contributed by atoms with Gasteiger partial charge in [0.05, 0.1) is 25.3 Å². The van der Waals surface area contributed by atoms with E-state index in [1.165, 1.54) is 0 Å². The molecule has 2 fully saturated rings. The second-order valence-electron chi connectivity index (χ2n) is 8.14. The second kappa shape index (κ2) is 8.04. The molecule has 4 N–H and O–H groups in total. The zero-order valence-electron chi connectivity index (χ0n) is 17.5. The van der Waals surface area contributed by atoms with Gasteiger partial charge in [0, 0.05) is 17.2 Å². The highest BCUT2D eigenvalue weighted by molar-refractivity contribution is 6.15. The fraction of sp³-hybridized carbons (Fsp3) is 0.318. The van der Waals surface area contributed by atoms with Crippen molar-refractivity contribution in [3.63, 3.8) is 0 Å². The van der Waals surface area contributed by atoms with Crippen molar-refractivity contribution in [2.75, 3.05) is 17.2 Å². The second-order valence-corrected chi connectivity index (χ2v) is 8.14. The molecule has 0 bridgehead atoms. The Bertz CT molecular complexity index is 1230. The summed E-state index contributed by atoms with van der Waals surface area (Å²) in [7, 11) is 0. The average molecular weight is 433 g/mol. The average Bonchev–Trinajstić information content (AvgIpc) is 3.41. The number of aliphatic hydroxyl groups excluding tert-OH is 1. The van der Waals surface area contributed by atoms with Crippen molar-refractivity contribution in [3.05, 3.63) is 52.7 Å². The third kappa shape index (κ3) is 4.04. The van der Waals surface area contributed by atoms with Gasteiger partial charge in [0.25, 0.3) is 5.91 Å². The van der Waals surface area contributed by atoms with E-state index in [1.807, 2.05) is 31.2 Å². The van der Waals surface area contributed by atoms with Gasteiger partial charge in [-0.2, -0.15) is 19.6 Å². The molecule has 1 atom stereocenters. The normalized spacial score (nSPS) is 18.2. The number of carbonyl (C=O) groups is 2. The zero-order valence-corrected chi connectivity index (χ0v) is 17.5. The van der Waals surface area contributed by atoms with Crippen LogP contribution in [0.3, 0.4) is 0 Å². The Kier molecular flexibility index (Phi) is 5.06. The maximum Gasteiger partial charge on any atom is 0.254 e. The molecule has 3 heterocycles. The molecule has 2 aliphatic rings. The van der Waals surface area contributed by atoms with Crippen LogP contribution in [-0.4, -0.2) is 49.2 Å². The number of rotatable bonds is 7. The lowest BCUT2D eigenvalue weighted by atomic mass is 10.1. The van der Waals surface area contributed by atoms with Gasteiger partial charge in [0.15, 0.2) is 5.65 Å². The number of benzene rings is 1. The van der Waals surface area contributed by atoms with Gasteiger partial charge in [-0.25, -0.2) is 0 Å². The van der Waals surface area contributed by atoms with Crippen molar-refractivity contribution in [1.29, 1.82) is 0 Å². The Morgan fingerprint density at radius 2 is 2.03 bits per heavy atom. The van der Waals surface area contributed by atoms with E-state index in [2.05, 4.69) is 31.0 Å². The molecule has 1 aromatic carbocycles. The van der Waals surface area contributed by atoms with Gasteiger partial charge in [-0.05, 0) is 31.4 Å². The predicted octanol–water partition coefficient (Wildman–Crippen LogP) is 1.58. The summed E-state index contributed by atoms with van der Waals surface area (Å²) in [5.41, 5.74) is 3.50. The SMILES string of the molecule is Cc1ccc(C(CO)Nc2nc(NC3CC3)n3ncc(/C=C4\CC(=O)NC4=O)c3n2)cc1. The quantitative estimate of drug-likeness (QED) is 0.326. The van der Waals surface area contributed by atoms with Gasteiger partial charge >= 0.3 is 0 Å². The number of carbonyl (C=O) groups excluding carboxylic acids is 2. The zero-order chi connectivity index (χ0) is 22.2. The van der Waals surface area contributed by atoms with Crippen molar-refractivity contribution in [3.8, 4) is 0 Å². The minimum Gasteiger partial charge on any atom is -0.394 e. The predicted molar refractivity (Wildman–Crippen MR) is 118 cm³/mol. The highest BCUT2D eigenvalue weighted by atomic mass is 16.3. The number of fused-ring (bicyclic) bond motifs is 1. The summed E-state index contributed by atoms with van der Waals surface area (Å²) in [6.45, 7) is 1.87. The van der Waals surface area contributed by atoms with Crippen LogP contribution in [0.25, 0.3) is 11.7 Å². The summed E-state index contributed by atoms with van der Waals surface area (Å²) in [4.78, 5) is 32.7. The lowest BCUT2D eigenvalue weighted by Gasteiger charge is -2.18. The van der Waals surface area contributed by atoms with Gasteiger partial charge < -0.3 is 15.7 Å². The lowest BCUT2D eigenvalue weighted by Crippen LogP contribution is -2.19. The van der Waals surface area contributed by atoms with E-state index in [1.54, 1.807) is 16.8 Å². The molecule has 1 aliphatic carbocycles. The van der Waals surface area contributed by atoms with Gasteiger partial charge in [-0.3, -0.25) is 14.9 Å². The van der Waals surface area contributed by atoms with Crippen LogP contribution in [0, 0.1) is 6.92 Å². The molecule has 3 aromatic rings. The number of anilines is 2. The van der Waals surface area contributed by atoms with Gasteiger partial charge in [0.1, 0.15) is 0 Å². The Morgan fingerprint density at radius 3 is 2.69 bits per heavy atom. The molecule has 1 saturated heterocycles. The molecule has 10 nitrogen and oxygen atoms in total. The minimum absolute atomic E-state index is 0.0273. The van der Waals surface area contributed by atoms with Gasteiger partial charge in [0.2, 0.25) is 17.8 Å². The number of nitrogens with one attached hydrogen (secondary N) is 3. The molecule has 32 heavy (non-hydrogen) atoms. The van der Waals surface area contributed by atoms with Gasteiger partial charge in [-0.1, -0.05) is 29.8 Å². The molecule has 2 aromatic heterocycles. The van der Waals surface area contributed by atoms with Crippen LogP contribution in [-0.2, 0) is 9.59 Å². The highest BCUT2D eigenvalue weighted by Gasteiger charge is 2.26. The standard InChI is InChI=1S/C22H23N7O3/c1-12-2-4-13(5-3-12)17(11-30)25-21-27-19-15(8-14-9-18(31)26-20(14)32)10-23-29(19)22(28-21)24-16-6-7-16/h2-5,8,10,16-17,30H,6-7,9,11H2,1H3,(H,26,31,32)(H2,24,25,27,28)/b14-8+. The van der Waals surface area contributed by atoms with E-state index in [-0.39, 0.29) is 18.9 Å². The Morgan fingerprint density at radius 1 is 1.25 bits per heavy atom. The first-order valence-electron chi connectivity index (χ1n) is 10.5. The third-order valence-electron chi connectivity index (χ3n) is 5.50. The minimum atomic E-state index is -0.405. The summed E-state index contributed by atoms with van der Waals surface area (Å²) in [5, 5.41) is 23.2. The summed E-state index contributed by atoms with van der Waals surface area (Å²) >= 11 is 0. The first-order valence-corrected chi connectivity index (χ1v) is 10.5. The summed E-state index contributed by atoms with van der Waals surface area (Å²) in [6.07, 6.45) is 5.36. The van der Waals surface area contributed by atoms with E-state index >= 15 is 0 Å². The number of nitrogens with zero attached hydrogens (tertiary/aromatic N) is 4. The summed E-state index contributed by atoms with van der Waals surface area (Å²) in [5.74, 6) is 0.122. The van der Waals surface area contributed by atoms with Crippen LogP contribution in [0.4, 0.5) is 11.9 Å². The first-order chi connectivity index (χ1) is 15.5. The number of imide groups is 1. The number of amides is 2. The number of hydrogen-bond donors (Lipinski definition) is 4. The Balaban J connectivity index is 1.53. The third-order valence-corrected chi connectivity index (χ3v) is 5.50. The van der Waals surface area contributed by atoms with Crippen LogP contribution < -0.4 is 16.0 Å². The largest absolute Gasteiger partial charge is 0.394 e. The maximum atomic E-state index is 12.0. The Hall–Kier alpha value is -3.79. The summed E-state index contributed by atoms with van der Waals surface area (Å²) < 4.78 is 1.59. The molecule has 2 amide bonds. The molecule has 1 unspecified atom stereocenters. The smallest absolute Gasteiger partial charge is 0.254 e. The van der Waals surface area contributed by atoms with E-state index < -0.39 is 11.9 Å². The first kappa shape index (κ1) is 20.1. The summed E-state index contributed by atoms with van der Waals surface area (Å²) in [6, 6.07) is 7.81. The highest BCUT2D eigenvalue weighted by Crippen LogP contribution is 2.27. The monoisotopic (exact) mass is 433 g/mol. The molecule has 164 valence electrons. The number of aryl methyl sites for hydroxylation is 1. The van der Waals surface area contributed by atoms with Crippen molar-refractivity contribution in [2.45, 2.75) is 38.3 Å². The molecule has 1 saturated carbocycles. The van der Waals surface area contributed by atoms with Crippen molar-refractivity contribution in [2.24, 2.45) is 0 Å². The van der Waals surface area contributed by atoms with E-state index in [0.717, 1.165) is 24.0 Å². The molecule has 1 aliphatic heterocycles. The fourth-order valence-corrected chi connectivity index (χ4v) is 3.56. The van der Waals surface area contributed by atoms with Crippen molar-refractivity contribution < 1.29 is 14.7 Å². The maximum absolute atomic E-state index is 12.0. The van der Waals surface area contributed by atoms with Crippen molar-refractivity contribution >= 4 is 35.4 Å². The number of aromatic nitrogens is 4. The molecule has 5 rings (SSSR count). The number of aliphatic hydroxyl groups is 1. The molecular weight excluding hydrogens is 410 g/mol. The molecule has 0 spiro atoms. The van der Waals surface area contributed by atoms with E-state index in [4.69, 9.17) is 0 Å². The topological polar surface area (TPSA) is 134 Å². The van der Waals surface area contributed by atoms with Crippen molar-refractivity contribution in [1.82, 2.24) is 24.9 Å². The fourth-order valence-electron chi connectivity index (χ4n) is 3.56. The van der Waals surface area contributed by atoms with Gasteiger partial charge in [-0.15, -0.1) is 0 Å². The van der Waals surface area contributed by atoms with Crippen LogP contribution in [0.1, 0.15) is 42.0 Å². The molecule has 0 radical (unpaired) electrons.